The lowest BCUT2D eigenvalue weighted by Crippen LogP contribution is -2.20. The predicted octanol–water partition coefficient (Wildman–Crippen LogP) is 3.55. The van der Waals surface area contributed by atoms with Crippen LogP contribution in [0.5, 0.6) is 0 Å². The van der Waals surface area contributed by atoms with Gasteiger partial charge in [-0.1, -0.05) is 6.08 Å². The normalized spacial score (nSPS) is 10.1. The van der Waals surface area contributed by atoms with Gasteiger partial charge in [0.15, 0.2) is 0 Å². The van der Waals surface area contributed by atoms with Gasteiger partial charge in [-0.05, 0) is 47.3 Å². The fraction of sp³-hybridized carbons (Fsp3) is 0.417. The second-order valence-corrected chi connectivity index (χ2v) is 4.56. The van der Waals surface area contributed by atoms with Crippen molar-refractivity contribution in [2.24, 2.45) is 0 Å². The molecular weight excluding hydrogens is 252 g/mol. The van der Waals surface area contributed by atoms with Crippen LogP contribution in [0.15, 0.2) is 29.4 Å². The first kappa shape index (κ1) is 12.2. The Morgan fingerprint density at radius 2 is 2.33 bits per heavy atom. The van der Waals surface area contributed by atoms with Crippen molar-refractivity contribution in [3.8, 4) is 0 Å². The van der Waals surface area contributed by atoms with E-state index in [1.54, 1.807) is 0 Å². The Morgan fingerprint density at radius 3 is 2.93 bits per heavy atom. The van der Waals surface area contributed by atoms with Crippen LogP contribution in [-0.2, 0) is 0 Å². The molecule has 0 atom stereocenters. The summed E-state index contributed by atoms with van der Waals surface area (Å²) in [5.41, 5.74) is 1.20. The Balaban J connectivity index is 2.64. The van der Waals surface area contributed by atoms with Gasteiger partial charge in [0.25, 0.3) is 0 Å². The van der Waals surface area contributed by atoms with Crippen LogP contribution >= 0.6 is 15.9 Å². The van der Waals surface area contributed by atoms with Gasteiger partial charge in [-0.25, -0.2) is 4.98 Å². The number of nitrogens with zero attached hydrogens (tertiary/aromatic N) is 2. The van der Waals surface area contributed by atoms with Crippen molar-refractivity contribution in [3.63, 3.8) is 0 Å². The van der Waals surface area contributed by atoms with Gasteiger partial charge in [0.1, 0.15) is 5.82 Å². The maximum absolute atomic E-state index is 4.41. The molecule has 0 aliphatic heterocycles. The molecule has 3 heteroatoms. The summed E-state index contributed by atoms with van der Waals surface area (Å²) in [6.07, 6.45) is 5.97. The quantitative estimate of drug-likeness (QED) is 0.600. The molecule has 2 nitrogen and oxygen atoms in total. The molecule has 1 aromatic rings. The van der Waals surface area contributed by atoms with Crippen LogP contribution in [0.2, 0.25) is 0 Å². The molecule has 0 saturated carbocycles. The molecule has 1 aromatic heterocycles. The second-order valence-electron chi connectivity index (χ2n) is 3.65. The van der Waals surface area contributed by atoms with E-state index in [-0.39, 0.29) is 0 Å². The minimum Gasteiger partial charge on any atom is -0.359 e. The van der Waals surface area contributed by atoms with Crippen LogP contribution in [0.3, 0.4) is 0 Å². The largest absolute Gasteiger partial charge is 0.359 e. The topological polar surface area (TPSA) is 16.1 Å². The van der Waals surface area contributed by atoms with Gasteiger partial charge >= 0.3 is 0 Å². The maximum Gasteiger partial charge on any atom is 0.131 e. The summed E-state index contributed by atoms with van der Waals surface area (Å²) in [4.78, 5) is 6.60. The minimum atomic E-state index is 1.02. The van der Waals surface area contributed by atoms with E-state index in [0.29, 0.717) is 0 Å². The number of rotatable bonds is 5. The van der Waals surface area contributed by atoms with Crippen LogP contribution in [-0.4, -0.2) is 18.6 Å². The molecule has 0 spiro atoms. The van der Waals surface area contributed by atoms with Gasteiger partial charge in [-0.3, -0.25) is 0 Å². The molecule has 1 rings (SSSR count). The molecule has 0 N–H and O–H groups in total. The second kappa shape index (κ2) is 5.91. The van der Waals surface area contributed by atoms with Crippen molar-refractivity contribution in [1.29, 1.82) is 0 Å². The van der Waals surface area contributed by atoms with Crippen LogP contribution in [0.25, 0.3) is 0 Å². The lowest BCUT2D eigenvalue weighted by molar-refractivity contribution is 0.789. The highest BCUT2D eigenvalue weighted by Crippen LogP contribution is 2.19. The molecule has 0 aromatic carbocycles. The van der Waals surface area contributed by atoms with Crippen molar-refractivity contribution in [2.75, 3.05) is 18.5 Å². The Labute approximate surface area is 100 Å². The van der Waals surface area contributed by atoms with E-state index in [1.807, 2.05) is 12.3 Å². The summed E-state index contributed by atoms with van der Waals surface area (Å²) in [6.45, 7) is 6.81. The highest BCUT2D eigenvalue weighted by atomic mass is 79.9. The average molecular weight is 269 g/mol. The zero-order valence-corrected chi connectivity index (χ0v) is 10.9. The first-order valence-electron chi connectivity index (χ1n) is 5.09. The summed E-state index contributed by atoms with van der Waals surface area (Å²) >= 11 is 3.41. The van der Waals surface area contributed by atoms with E-state index in [9.17, 15) is 0 Å². The smallest absolute Gasteiger partial charge is 0.131 e. The number of aryl methyl sites for hydroxylation is 1. The van der Waals surface area contributed by atoms with Crippen LogP contribution in [0, 0.1) is 6.92 Å². The first-order chi connectivity index (χ1) is 7.15. The van der Waals surface area contributed by atoms with E-state index < -0.39 is 0 Å². The number of aromatic nitrogens is 1. The first-order valence-corrected chi connectivity index (χ1v) is 5.88. The van der Waals surface area contributed by atoms with E-state index >= 15 is 0 Å². The van der Waals surface area contributed by atoms with Crippen LogP contribution in [0.1, 0.15) is 18.4 Å². The van der Waals surface area contributed by atoms with Gasteiger partial charge in [0, 0.05) is 24.3 Å². The number of halogens is 1. The lowest BCUT2D eigenvalue weighted by Gasteiger charge is -2.19. The molecule has 0 amide bonds. The third kappa shape index (κ3) is 3.67. The molecular formula is C12H17BrN2. The molecule has 0 aliphatic carbocycles. The summed E-state index contributed by atoms with van der Waals surface area (Å²) in [7, 11) is 2.08. The minimum absolute atomic E-state index is 1.02. The SMILES string of the molecule is C=CCCCN(C)c1ncc(Br)cc1C. The number of unbranched alkanes of at least 4 members (excludes halogenated alkanes) is 1. The monoisotopic (exact) mass is 268 g/mol. The van der Waals surface area contributed by atoms with Gasteiger partial charge in [-0.15, -0.1) is 6.58 Å². The maximum atomic E-state index is 4.41. The van der Waals surface area contributed by atoms with Gasteiger partial charge in [0.05, 0.1) is 0 Å². The van der Waals surface area contributed by atoms with Gasteiger partial charge < -0.3 is 4.90 Å². The molecule has 15 heavy (non-hydrogen) atoms. The van der Waals surface area contributed by atoms with E-state index in [1.165, 1.54) is 5.56 Å². The highest BCUT2D eigenvalue weighted by molar-refractivity contribution is 9.10. The number of pyridine rings is 1. The van der Waals surface area contributed by atoms with Crippen molar-refractivity contribution in [3.05, 3.63) is 35.0 Å². The fourth-order valence-corrected chi connectivity index (χ4v) is 1.96. The van der Waals surface area contributed by atoms with Crippen LogP contribution in [0.4, 0.5) is 5.82 Å². The molecule has 0 bridgehead atoms. The Bertz CT molecular complexity index is 336. The Morgan fingerprint density at radius 1 is 1.60 bits per heavy atom. The van der Waals surface area contributed by atoms with Crippen molar-refractivity contribution < 1.29 is 0 Å². The molecule has 82 valence electrons. The van der Waals surface area contributed by atoms with Crippen molar-refractivity contribution in [1.82, 2.24) is 4.98 Å². The number of allylic oxidation sites excluding steroid dienone is 1. The van der Waals surface area contributed by atoms with Crippen molar-refractivity contribution in [2.45, 2.75) is 19.8 Å². The summed E-state index contributed by atoms with van der Waals surface area (Å²) < 4.78 is 1.03. The molecule has 0 saturated heterocycles. The molecule has 0 unspecified atom stereocenters. The number of hydrogen-bond donors (Lipinski definition) is 0. The average Bonchev–Trinajstić information content (AvgIpc) is 2.17. The highest BCUT2D eigenvalue weighted by Gasteiger charge is 2.05. The van der Waals surface area contributed by atoms with Crippen molar-refractivity contribution >= 4 is 21.7 Å². The summed E-state index contributed by atoms with van der Waals surface area (Å²) in [5, 5.41) is 0. The molecule has 1 heterocycles. The third-order valence-electron chi connectivity index (χ3n) is 2.28. The van der Waals surface area contributed by atoms with Crippen LogP contribution < -0.4 is 4.90 Å². The predicted molar refractivity (Wildman–Crippen MR) is 69.4 cm³/mol. The summed E-state index contributed by atoms with van der Waals surface area (Å²) in [5.74, 6) is 1.06. The zero-order valence-electron chi connectivity index (χ0n) is 9.33. The zero-order chi connectivity index (χ0) is 11.3. The Kier molecular flexibility index (Phi) is 4.82. The molecule has 0 aliphatic rings. The summed E-state index contributed by atoms with van der Waals surface area (Å²) in [6, 6.07) is 2.09. The van der Waals surface area contributed by atoms with E-state index in [0.717, 1.165) is 29.7 Å². The Hall–Kier alpha value is -0.830. The molecule has 0 fully saturated rings. The number of anilines is 1. The van der Waals surface area contributed by atoms with E-state index in [4.69, 9.17) is 0 Å². The standard InChI is InChI=1S/C12H17BrN2/c1-4-5-6-7-15(3)12-10(2)8-11(13)9-14-12/h4,8-9H,1,5-7H2,2-3H3. The fourth-order valence-electron chi connectivity index (χ4n) is 1.51. The molecule has 0 radical (unpaired) electrons. The lowest BCUT2D eigenvalue weighted by atomic mass is 10.2. The third-order valence-corrected chi connectivity index (χ3v) is 2.71. The van der Waals surface area contributed by atoms with Gasteiger partial charge in [-0.2, -0.15) is 0 Å². The van der Waals surface area contributed by atoms with Gasteiger partial charge in [0.2, 0.25) is 0 Å². The van der Waals surface area contributed by atoms with E-state index in [2.05, 4.69) is 52.4 Å². The number of hydrogen-bond acceptors (Lipinski definition) is 2.